The number of rotatable bonds is 6. The average molecular weight is 437 g/mol. The third-order valence-corrected chi connectivity index (χ3v) is 5.15. The average Bonchev–Trinajstić information content (AvgIpc) is 3.18. The van der Waals surface area contributed by atoms with Crippen LogP contribution in [0.3, 0.4) is 0 Å². The first-order chi connectivity index (χ1) is 14.6. The van der Waals surface area contributed by atoms with Crippen LogP contribution in [0.2, 0.25) is 0 Å². The number of piperidine rings is 1. The van der Waals surface area contributed by atoms with Crippen molar-refractivity contribution < 1.29 is 23.4 Å². The monoisotopic (exact) mass is 437 g/mol. The van der Waals surface area contributed by atoms with Gasteiger partial charge in [-0.2, -0.15) is 5.10 Å². The second-order valence-electron chi connectivity index (χ2n) is 8.87. The summed E-state index contributed by atoms with van der Waals surface area (Å²) in [4.78, 5) is 17.7. The standard InChI is InChI=1S/C21H29F2N5O3/c1-20(2,3)31-19(29)27-8-6-16(7-9-27)25-11-21(30,12-28-14-24-13-26-28)17-5-4-15(22)10-18(17)23/h4-5,10,13-14,16,25,30H,6-9,11-12H2,1-3H3. The summed E-state index contributed by atoms with van der Waals surface area (Å²) in [7, 11) is 0. The smallest absolute Gasteiger partial charge is 0.410 e. The summed E-state index contributed by atoms with van der Waals surface area (Å²) >= 11 is 0. The van der Waals surface area contributed by atoms with Gasteiger partial charge in [0.25, 0.3) is 0 Å². The van der Waals surface area contributed by atoms with E-state index in [1.807, 2.05) is 20.8 Å². The lowest BCUT2D eigenvalue weighted by atomic mass is 9.92. The van der Waals surface area contributed by atoms with Crippen molar-refractivity contribution in [3.63, 3.8) is 0 Å². The summed E-state index contributed by atoms with van der Waals surface area (Å²) in [5.41, 5.74) is -2.25. The Morgan fingerprint density at radius 2 is 2.00 bits per heavy atom. The zero-order valence-electron chi connectivity index (χ0n) is 18.0. The van der Waals surface area contributed by atoms with E-state index in [0.29, 0.717) is 25.9 Å². The van der Waals surface area contributed by atoms with Crippen molar-refractivity contribution in [3.8, 4) is 0 Å². The fourth-order valence-electron chi connectivity index (χ4n) is 3.59. The lowest BCUT2D eigenvalue weighted by Crippen LogP contribution is -2.50. The Hall–Kier alpha value is -2.59. The third-order valence-electron chi connectivity index (χ3n) is 5.15. The predicted molar refractivity (Wildman–Crippen MR) is 109 cm³/mol. The summed E-state index contributed by atoms with van der Waals surface area (Å²) in [6, 6.07) is 3.13. The Balaban J connectivity index is 1.64. The Kier molecular flexibility index (Phi) is 6.90. The first kappa shape index (κ1) is 23.1. The van der Waals surface area contributed by atoms with Crippen molar-refractivity contribution in [2.75, 3.05) is 19.6 Å². The molecule has 1 unspecified atom stereocenters. The van der Waals surface area contributed by atoms with E-state index in [2.05, 4.69) is 15.4 Å². The number of hydrogen-bond donors (Lipinski definition) is 2. The fourth-order valence-corrected chi connectivity index (χ4v) is 3.59. The Bertz CT molecular complexity index is 880. The summed E-state index contributed by atoms with van der Waals surface area (Å²) in [6.07, 6.45) is 3.71. The maximum absolute atomic E-state index is 14.5. The topological polar surface area (TPSA) is 92.5 Å². The van der Waals surface area contributed by atoms with Crippen LogP contribution < -0.4 is 5.32 Å². The van der Waals surface area contributed by atoms with E-state index in [4.69, 9.17) is 4.74 Å². The van der Waals surface area contributed by atoms with E-state index in [-0.39, 0.29) is 30.8 Å². The van der Waals surface area contributed by atoms with Crippen LogP contribution in [-0.2, 0) is 16.9 Å². The van der Waals surface area contributed by atoms with Crippen molar-refractivity contribution in [1.29, 1.82) is 0 Å². The third kappa shape index (κ3) is 6.20. The van der Waals surface area contributed by atoms with Gasteiger partial charge in [0.1, 0.15) is 35.5 Å². The normalized spacial score (nSPS) is 17.4. The molecule has 2 aromatic rings. The van der Waals surface area contributed by atoms with E-state index in [1.54, 1.807) is 4.90 Å². The summed E-state index contributed by atoms with van der Waals surface area (Å²) in [5, 5.41) is 18.6. The van der Waals surface area contributed by atoms with Crippen LogP contribution in [0.25, 0.3) is 0 Å². The molecule has 8 nitrogen and oxygen atoms in total. The Morgan fingerprint density at radius 3 is 2.58 bits per heavy atom. The molecule has 0 saturated carbocycles. The van der Waals surface area contributed by atoms with Gasteiger partial charge >= 0.3 is 6.09 Å². The van der Waals surface area contributed by atoms with Crippen LogP contribution in [0, 0.1) is 11.6 Å². The molecule has 31 heavy (non-hydrogen) atoms. The van der Waals surface area contributed by atoms with Crippen LogP contribution in [-0.4, -0.2) is 62.1 Å². The van der Waals surface area contributed by atoms with E-state index >= 15 is 0 Å². The highest BCUT2D eigenvalue weighted by molar-refractivity contribution is 5.68. The van der Waals surface area contributed by atoms with E-state index < -0.39 is 22.8 Å². The van der Waals surface area contributed by atoms with Gasteiger partial charge in [0, 0.05) is 37.3 Å². The highest BCUT2D eigenvalue weighted by Gasteiger charge is 2.35. The van der Waals surface area contributed by atoms with Gasteiger partial charge in [-0.1, -0.05) is 6.07 Å². The van der Waals surface area contributed by atoms with Crippen molar-refractivity contribution >= 4 is 6.09 Å². The number of carbonyl (C=O) groups is 1. The zero-order valence-corrected chi connectivity index (χ0v) is 18.0. The minimum Gasteiger partial charge on any atom is -0.444 e. The summed E-state index contributed by atoms with van der Waals surface area (Å²) in [6.45, 7) is 6.46. The molecule has 0 bridgehead atoms. The molecule has 0 radical (unpaired) electrons. The van der Waals surface area contributed by atoms with Gasteiger partial charge in [0.2, 0.25) is 0 Å². The van der Waals surface area contributed by atoms with Crippen molar-refractivity contribution in [2.24, 2.45) is 0 Å². The lowest BCUT2D eigenvalue weighted by Gasteiger charge is -2.36. The van der Waals surface area contributed by atoms with Crippen molar-refractivity contribution in [3.05, 3.63) is 48.1 Å². The maximum atomic E-state index is 14.5. The maximum Gasteiger partial charge on any atom is 0.410 e. The molecule has 0 spiro atoms. The highest BCUT2D eigenvalue weighted by atomic mass is 19.1. The molecular weight excluding hydrogens is 408 g/mol. The lowest BCUT2D eigenvalue weighted by molar-refractivity contribution is 0.00357. The Morgan fingerprint density at radius 1 is 1.29 bits per heavy atom. The van der Waals surface area contributed by atoms with Crippen LogP contribution in [0.4, 0.5) is 13.6 Å². The number of nitrogens with zero attached hydrogens (tertiary/aromatic N) is 4. The molecule has 10 heteroatoms. The first-order valence-corrected chi connectivity index (χ1v) is 10.3. The predicted octanol–water partition coefficient (Wildman–Crippen LogP) is 2.43. The van der Waals surface area contributed by atoms with Crippen LogP contribution in [0.5, 0.6) is 0 Å². The number of likely N-dealkylation sites (tertiary alicyclic amines) is 1. The largest absolute Gasteiger partial charge is 0.444 e. The molecule has 1 aromatic heterocycles. The molecule has 2 heterocycles. The number of halogens is 2. The SMILES string of the molecule is CC(C)(C)OC(=O)N1CCC(NCC(O)(Cn2cncn2)c2ccc(F)cc2F)CC1. The van der Waals surface area contributed by atoms with Gasteiger partial charge in [-0.3, -0.25) is 0 Å². The molecule has 0 aliphatic carbocycles. The number of hydrogen-bond acceptors (Lipinski definition) is 6. The highest BCUT2D eigenvalue weighted by Crippen LogP contribution is 2.27. The molecule has 1 saturated heterocycles. The molecule has 170 valence electrons. The first-order valence-electron chi connectivity index (χ1n) is 10.3. The zero-order chi connectivity index (χ0) is 22.6. The van der Waals surface area contributed by atoms with Crippen molar-refractivity contribution in [2.45, 2.75) is 57.4 Å². The number of carbonyl (C=O) groups excluding carboxylic acids is 1. The molecule has 1 amide bonds. The minimum absolute atomic E-state index is 0.0180. The summed E-state index contributed by atoms with van der Waals surface area (Å²) < 4.78 is 34.7. The number of amides is 1. The van der Waals surface area contributed by atoms with Gasteiger partial charge in [0.05, 0.1) is 6.54 Å². The van der Waals surface area contributed by atoms with Gasteiger partial charge in [-0.05, 0) is 39.7 Å². The number of nitrogens with one attached hydrogen (secondary N) is 1. The number of benzene rings is 1. The van der Waals surface area contributed by atoms with E-state index in [0.717, 1.165) is 12.1 Å². The number of aromatic nitrogens is 3. The second-order valence-corrected chi connectivity index (χ2v) is 8.87. The van der Waals surface area contributed by atoms with Gasteiger partial charge < -0.3 is 20.1 Å². The van der Waals surface area contributed by atoms with Gasteiger partial charge in [-0.25, -0.2) is 23.2 Å². The second kappa shape index (κ2) is 9.27. The number of ether oxygens (including phenoxy) is 1. The minimum atomic E-state index is -1.67. The number of aliphatic hydroxyl groups is 1. The molecule has 1 aromatic carbocycles. The van der Waals surface area contributed by atoms with E-state index in [1.165, 1.54) is 23.4 Å². The molecule has 2 N–H and O–H groups in total. The summed E-state index contributed by atoms with van der Waals surface area (Å²) in [5.74, 6) is -1.55. The van der Waals surface area contributed by atoms with Crippen LogP contribution in [0.1, 0.15) is 39.2 Å². The molecule has 1 aliphatic rings. The van der Waals surface area contributed by atoms with E-state index in [9.17, 15) is 18.7 Å². The van der Waals surface area contributed by atoms with Crippen LogP contribution >= 0.6 is 0 Å². The molecule has 1 fully saturated rings. The molecule has 3 rings (SSSR count). The fraction of sp³-hybridized carbons (Fsp3) is 0.571. The van der Waals surface area contributed by atoms with Crippen LogP contribution in [0.15, 0.2) is 30.9 Å². The molecule has 1 atom stereocenters. The molecule has 1 aliphatic heterocycles. The quantitative estimate of drug-likeness (QED) is 0.721. The van der Waals surface area contributed by atoms with Crippen molar-refractivity contribution in [1.82, 2.24) is 25.0 Å². The van der Waals surface area contributed by atoms with Gasteiger partial charge in [0.15, 0.2) is 0 Å². The molecular formula is C21H29F2N5O3. The van der Waals surface area contributed by atoms with Gasteiger partial charge in [-0.15, -0.1) is 0 Å². The Labute approximate surface area is 180 Å².